The lowest BCUT2D eigenvalue weighted by Gasteiger charge is -2.14. The average Bonchev–Trinajstić information content (AvgIpc) is 2.78. The molecule has 1 amide bonds. The molecule has 2 N–H and O–H groups in total. The van der Waals surface area contributed by atoms with Crippen LogP contribution in [-0.4, -0.2) is 21.9 Å². The minimum Gasteiger partial charge on any atom is -0.343 e. The van der Waals surface area contributed by atoms with Gasteiger partial charge >= 0.3 is 0 Å². The third-order valence-corrected chi connectivity index (χ3v) is 3.21. The lowest BCUT2D eigenvalue weighted by Crippen LogP contribution is -2.33. The Hall–Kier alpha value is -2.43. The molecule has 0 saturated carbocycles. The Bertz CT molecular complexity index is 612. The van der Waals surface area contributed by atoms with Gasteiger partial charge < -0.3 is 5.32 Å². The van der Waals surface area contributed by atoms with Crippen LogP contribution < -0.4 is 5.32 Å². The van der Waals surface area contributed by atoms with Crippen molar-refractivity contribution in [2.75, 3.05) is 0 Å². The summed E-state index contributed by atoms with van der Waals surface area (Å²) in [6.07, 6.45) is 0. The van der Waals surface area contributed by atoms with Crippen molar-refractivity contribution < 1.29 is 9.59 Å². The van der Waals surface area contributed by atoms with Crippen LogP contribution in [-0.2, 0) is 4.79 Å². The Morgan fingerprint density at radius 2 is 1.85 bits per heavy atom. The molecule has 5 heteroatoms. The molecule has 0 saturated heterocycles. The number of H-pyrrole nitrogens is 1. The molecule has 1 atom stereocenters. The van der Waals surface area contributed by atoms with Gasteiger partial charge in [0.15, 0.2) is 0 Å². The number of amides is 1. The van der Waals surface area contributed by atoms with Crippen LogP contribution >= 0.6 is 0 Å². The highest BCUT2D eigenvalue weighted by Gasteiger charge is 2.21. The van der Waals surface area contributed by atoms with E-state index in [0.717, 1.165) is 17.0 Å². The highest BCUT2D eigenvalue weighted by Crippen LogP contribution is 2.18. The number of hydrogen-bond donors (Lipinski definition) is 2. The minimum atomic E-state index is -0.608. The molecule has 2 rings (SSSR count). The second-order valence-corrected chi connectivity index (χ2v) is 4.74. The number of aryl methyl sites for hydroxylation is 2. The van der Waals surface area contributed by atoms with E-state index < -0.39 is 11.7 Å². The van der Waals surface area contributed by atoms with E-state index in [9.17, 15) is 9.59 Å². The average molecular weight is 271 g/mol. The van der Waals surface area contributed by atoms with Crippen molar-refractivity contribution in [3.8, 4) is 0 Å². The lowest BCUT2D eigenvalue weighted by atomic mass is 10.1. The molecule has 0 aliphatic rings. The second kappa shape index (κ2) is 5.69. The molecular formula is C15H17N3O2. The predicted octanol–water partition coefficient (Wildman–Crippen LogP) is 2.09. The standard InChI is InChI=1S/C15H17N3O2/c1-9(13-10(2)17-18-11(13)3)16-15(20)14(19)12-7-5-4-6-8-12/h4-9H,1-3H3,(H,16,20)(H,17,18)/t9-/m0/s1. The Morgan fingerprint density at radius 1 is 1.20 bits per heavy atom. The summed E-state index contributed by atoms with van der Waals surface area (Å²) in [5.41, 5.74) is 3.02. The molecule has 0 fully saturated rings. The van der Waals surface area contributed by atoms with Crippen LogP contribution in [0.5, 0.6) is 0 Å². The molecule has 2 aromatic rings. The van der Waals surface area contributed by atoms with Gasteiger partial charge in [-0.15, -0.1) is 0 Å². The molecule has 1 aromatic heterocycles. The number of aromatic nitrogens is 2. The Morgan fingerprint density at radius 3 is 2.40 bits per heavy atom. The number of hydrogen-bond acceptors (Lipinski definition) is 3. The summed E-state index contributed by atoms with van der Waals surface area (Å²) in [7, 11) is 0. The van der Waals surface area contributed by atoms with Crippen molar-refractivity contribution in [2.24, 2.45) is 0 Å². The Labute approximate surface area is 117 Å². The molecule has 1 aromatic carbocycles. The zero-order chi connectivity index (χ0) is 14.7. The normalized spacial score (nSPS) is 11.9. The predicted molar refractivity (Wildman–Crippen MR) is 75.4 cm³/mol. The quantitative estimate of drug-likeness (QED) is 0.660. The van der Waals surface area contributed by atoms with Gasteiger partial charge in [0, 0.05) is 16.8 Å². The zero-order valence-corrected chi connectivity index (χ0v) is 11.7. The summed E-state index contributed by atoms with van der Waals surface area (Å²) in [5.74, 6) is -1.14. The van der Waals surface area contributed by atoms with Crippen LogP contribution in [0.3, 0.4) is 0 Å². The molecule has 0 unspecified atom stereocenters. The first-order valence-corrected chi connectivity index (χ1v) is 6.42. The molecule has 1 heterocycles. The van der Waals surface area contributed by atoms with Crippen molar-refractivity contribution in [1.29, 1.82) is 0 Å². The number of carbonyl (C=O) groups excluding carboxylic acids is 2. The number of aromatic amines is 1. The van der Waals surface area contributed by atoms with Crippen molar-refractivity contribution in [3.05, 3.63) is 52.8 Å². The van der Waals surface area contributed by atoms with Gasteiger partial charge in [0.2, 0.25) is 5.78 Å². The number of nitrogens with one attached hydrogen (secondary N) is 2. The topological polar surface area (TPSA) is 74.8 Å². The highest BCUT2D eigenvalue weighted by atomic mass is 16.2. The fraction of sp³-hybridized carbons (Fsp3) is 0.267. The smallest absolute Gasteiger partial charge is 0.292 e. The van der Waals surface area contributed by atoms with E-state index in [1.165, 1.54) is 0 Å². The van der Waals surface area contributed by atoms with Gasteiger partial charge in [-0.3, -0.25) is 14.7 Å². The van der Waals surface area contributed by atoms with Gasteiger partial charge in [-0.05, 0) is 20.8 Å². The van der Waals surface area contributed by atoms with E-state index in [1.54, 1.807) is 30.3 Å². The van der Waals surface area contributed by atoms with Crippen LogP contribution in [0, 0.1) is 13.8 Å². The molecule has 0 bridgehead atoms. The van der Waals surface area contributed by atoms with Crippen LogP contribution in [0.25, 0.3) is 0 Å². The van der Waals surface area contributed by atoms with E-state index >= 15 is 0 Å². The first-order chi connectivity index (χ1) is 9.50. The van der Waals surface area contributed by atoms with Crippen molar-refractivity contribution in [3.63, 3.8) is 0 Å². The van der Waals surface area contributed by atoms with Gasteiger partial charge in [-0.2, -0.15) is 5.10 Å². The maximum atomic E-state index is 12.0. The summed E-state index contributed by atoms with van der Waals surface area (Å²) < 4.78 is 0. The van der Waals surface area contributed by atoms with E-state index in [4.69, 9.17) is 0 Å². The molecule has 0 spiro atoms. The third-order valence-electron chi connectivity index (χ3n) is 3.21. The van der Waals surface area contributed by atoms with Gasteiger partial charge in [0.1, 0.15) is 0 Å². The van der Waals surface area contributed by atoms with Crippen LogP contribution in [0.1, 0.15) is 40.3 Å². The van der Waals surface area contributed by atoms with Crippen molar-refractivity contribution in [1.82, 2.24) is 15.5 Å². The maximum absolute atomic E-state index is 12.0. The summed E-state index contributed by atoms with van der Waals surface area (Å²) in [5, 5.41) is 9.67. The number of ketones is 1. The zero-order valence-electron chi connectivity index (χ0n) is 11.7. The summed E-state index contributed by atoms with van der Waals surface area (Å²) in [4.78, 5) is 24.0. The second-order valence-electron chi connectivity index (χ2n) is 4.74. The number of benzene rings is 1. The Balaban J connectivity index is 2.11. The molecule has 20 heavy (non-hydrogen) atoms. The van der Waals surface area contributed by atoms with Gasteiger partial charge in [0.25, 0.3) is 5.91 Å². The molecule has 0 aliphatic heterocycles. The highest BCUT2D eigenvalue weighted by molar-refractivity contribution is 6.42. The van der Waals surface area contributed by atoms with Crippen molar-refractivity contribution >= 4 is 11.7 Å². The van der Waals surface area contributed by atoms with Crippen LogP contribution in [0.2, 0.25) is 0 Å². The molecule has 0 radical (unpaired) electrons. The summed E-state index contributed by atoms with van der Waals surface area (Å²) >= 11 is 0. The monoisotopic (exact) mass is 271 g/mol. The van der Waals surface area contributed by atoms with Crippen LogP contribution in [0.15, 0.2) is 30.3 Å². The van der Waals surface area contributed by atoms with E-state index in [1.807, 2.05) is 20.8 Å². The molecule has 104 valence electrons. The fourth-order valence-corrected chi connectivity index (χ4v) is 2.25. The fourth-order valence-electron chi connectivity index (χ4n) is 2.25. The van der Waals surface area contributed by atoms with Gasteiger partial charge in [-0.1, -0.05) is 30.3 Å². The van der Waals surface area contributed by atoms with E-state index in [0.29, 0.717) is 5.56 Å². The van der Waals surface area contributed by atoms with Gasteiger partial charge in [0.05, 0.1) is 11.7 Å². The largest absolute Gasteiger partial charge is 0.343 e. The first kappa shape index (κ1) is 14.0. The number of carbonyl (C=O) groups is 2. The molecule has 0 aliphatic carbocycles. The molecular weight excluding hydrogens is 254 g/mol. The van der Waals surface area contributed by atoms with E-state index in [-0.39, 0.29) is 6.04 Å². The maximum Gasteiger partial charge on any atom is 0.292 e. The first-order valence-electron chi connectivity index (χ1n) is 6.42. The summed E-state index contributed by atoms with van der Waals surface area (Å²) in [6.45, 7) is 5.58. The third kappa shape index (κ3) is 2.77. The number of nitrogens with zero attached hydrogens (tertiary/aromatic N) is 1. The summed E-state index contributed by atoms with van der Waals surface area (Å²) in [6, 6.07) is 8.24. The van der Waals surface area contributed by atoms with Crippen molar-refractivity contribution in [2.45, 2.75) is 26.8 Å². The molecule has 5 nitrogen and oxygen atoms in total. The number of rotatable bonds is 4. The number of Topliss-reactive ketones (excluding diaryl/α,β-unsaturated/α-hetero) is 1. The SMILES string of the molecule is Cc1n[nH]c(C)c1[C@H](C)NC(=O)C(=O)c1ccccc1. The van der Waals surface area contributed by atoms with Gasteiger partial charge in [-0.25, -0.2) is 0 Å². The minimum absolute atomic E-state index is 0.270. The van der Waals surface area contributed by atoms with E-state index in [2.05, 4.69) is 15.5 Å². The van der Waals surface area contributed by atoms with Crippen LogP contribution in [0.4, 0.5) is 0 Å². The Kier molecular flexibility index (Phi) is 3.98. The lowest BCUT2D eigenvalue weighted by molar-refractivity contribution is -0.117.